The Hall–Kier alpha value is -2.75. The number of benzene rings is 2. The van der Waals surface area contributed by atoms with Gasteiger partial charge in [0.05, 0.1) is 19.2 Å². The molecule has 0 aliphatic carbocycles. The molecule has 4 nitrogen and oxygen atoms in total. The molecule has 4 heteroatoms. The number of likely N-dealkylation sites (N-methyl/N-ethyl adjacent to an activating group) is 1. The van der Waals surface area contributed by atoms with Crippen LogP contribution in [0.1, 0.15) is 11.1 Å². The van der Waals surface area contributed by atoms with Gasteiger partial charge in [0.2, 0.25) is 5.91 Å². The van der Waals surface area contributed by atoms with Gasteiger partial charge >= 0.3 is 0 Å². The molecule has 23 heavy (non-hydrogen) atoms. The summed E-state index contributed by atoms with van der Waals surface area (Å²) in [5.74, 6) is 0.946. The molecule has 2 aromatic rings. The molecule has 2 aromatic carbocycles. The average Bonchev–Trinajstić information content (AvgIpc) is 2.93. The summed E-state index contributed by atoms with van der Waals surface area (Å²) in [4.78, 5) is 13.8. The van der Waals surface area contributed by atoms with Gasteiger partial charge in [-0.1, -0.05) is 18.2 Å². The summed E-state index contributed by atoms with van der Waals surface area (Å²) >= 11 is 0. The summed E-state index contributed by atoms with van der Waals surface area (Å²) < 4.78 is 5.53. The maximum Gasteiger partial charge on any atom is 0.228 e. The molecule has 2 aliphatic heterocycles. The highest BCUT2D eigenvalue weighted by molar-refractivity contribution is 6.00. The SMILES string of the molecule is COc1ccc(-c2ccc3c(c2)CC(=O)N3)c2c1N(C)CC=C2. The molecule has 0 atom stereocenters. The predicted octanol–water partition coefficient (Wildman–Crippen LogP) is 3.32. The minimum absolute atomic E-state index is 0.0635. The van der Waals surface area contributed by atoms with Gasteiger partial charge in [-0.2, -0.15) is 0 Å². The molecule has 0 aromatic heterocycles. The van der Waals surface area contributed by atoms with Crippen molar-refractivity contribution < 1.29 is 9.53 Å². The Kier molecular flexibility index (Phi) is 3.11. The molecule has 0 spiro atoms. The number of carbonyl (C=O) groups excluding carboxylic acids is 1. The van der Waals surface area contributed by atoms with Crippen molar-refractivity contribution >= 4 is 23.4 Å². The largest absolute Gasteiger partial charge is 0.495 e. The zero-order chi connectivity index (χ0) is 16.0. The summed E-state index contributed by atoms with van der Waals surface area (Å²) in [6, 6.07) is 10.3. The Labute approximate surface area is 135 Å². The molecule has 0 saturated carbocycles. The van der Waals surface area contributed by atoms with Crippen LogP contribution in [-0.2, 0) is 11.2 Å². The fraction of sp³-hybridized carbons (Fsp3) is 0.211. The highest BCUT2D eigenvalue weighted by Crippen LogP contribution is 2.41. The number of nitrogens with zero attached hydrogens (tertiary/aromatic N) is 1. The number of hydrogen-bond donors (Lipinski definition) is 1. The van der Waals surface area contributed by atoms with Crippen molar-refractivity contribution in [2.24, 2.45) is 0 Å². The molecule has 116 valence electrons. The van der Waals surface area contributed by atoms with Crippen molar-refractivity contribution in [3.05, 3.63) is 47.5 Å². The van der Waals surface area contributed by atoms with Crippen LogP contribution >= 0.6 is 0 Å². The van der Waals surface area contributed by atoms with Crippen LogP contribution in [0.15, 0.2) is 36.4 Å². The fourth-order valence-electron chi connectivity index (χ4n) is 3.38. The quantitative estimate of drug-likeness (QED) is 0.925. The topological polar surface area (TPSA) is 41.6 Å². The highest BCUT2D eigenvalue weighted by atomic mass is 16.5. The fourth-order valence-corrected chi connectivity index (χ4v) is 3.38. The maximum atomic E-state index is 11.6. The number of rotatable bonds is 2. The Bertz CT molecular complexity index is 840. The van der Waals surface area contributed by atoms with Crippen molar-refractivity contribution in [1.29, 1.82) is 0 Å². The third-order valence-electron chi connectivity index (χ3n) is 4.49. The minimum Gasteiger partial charge on any atom is -0.495 e. The van der Waals surface area contributed by atoms with E-state index in [1.54, 1.807) is 7.11 Å². The summed E-state index contributed by atoms with van der Waals surface area (Å²) in [5, 5.41) is 2.88. The second-order valence-corrected chi connectivity index (χ2v) is 5.96. The molecule has 0 unspecified atom stereocenters. The molecule has 2 aliphatic rings. The van der Waals surface area contributed by atoms with Gasteiger partial charge in [0, 0.05) is 24.8 Å². The number of carbonyl (C=O) groups is 1. The molecule has 2 heterocycles. The van der Waals surface area contributed by atoms with Crippen molar-refractivity contribution in [3.63, 3.8) is 0 Å². The van der Waals surface area contributed by atoms with E-state index in [4.69, 9.17) is 4.74 Å². The standard InChI is InChI=1S/C19H18N2O2/c1-21-9-3-4-15-14(6-8-17(23-2)19(15)21)12-5-7-16-13(10-12)11-18(22)20-16/h3-8,10H,9,11H2,1-2H3,(H,20,22). The van der Waals surface area contributed by atoms with Crippen molar-refractivity contribution in [2.45, 2.75) is 6.42 Å². The molecule has 1 amide bonds. The van der Waals surface area contributed by atoms with E-state index in [0.717, 1.165) is 45.9 Å². The van der Waals surface area contributed by atoms with Crippen LogP contribution in [0.3, 0.4) is 0 Å². The normalized spacial score (nSPS) is 15.2. The van der Waals surface area contributed by atoms with Crippen LogP contribution in [0.2, 0.25) is 0 Å². The number of amides is 1. The van der Waals surface area contributed by atoms with Gasteiger partial charge in [0.15, 0.2) is 0 Å². The Morgan fingerprint density at radius 1 is 1.22 bits per heavy atom. The summed E-state index contributed by atoms with van der Waals surface area (Å²) in [6.45, 7) is 0.870. The Morgan fingerprint density at radius 3 is 2.91 bits per heavy atom. The number of fused-ring (bicyclic) bond motifs is 2. The van der Waals surface area contributed by atoms with Crippen LogP contribution < -0.4 is 15.0 Å². The average molecular weight is 306 g/mol. The molecular formula is C19H18N2O2. The third kappa shape index (κ3) is 2.18. The summed E-state index contributed by atoms with van der Waals surface area (Å²) in [6.07, 6.45) is 4.77. The lowest BCUT2D eigenvalue weighted by Crippen LogP contribution is -2.21. The Balaban J connectivity index is 1.88. The first-order valence-electron chi connectivity index (χ1n) is 7.69. The van der Waals surface area contributed by atoms with Crippen LogP contribution in [0, 0.1) is 0 Å². The van der Waals surface area contributed by atoms with Crippen molar-refractivity contribution in [3.8, 4) is 16.9 Å². The minimum atomic E-state index is 0.0635. The van der Waals surface area contributed by atoms with E-state index in [1.807, 2.05) is 12.1 Å². The van der Waals surface area contributed by atoms with E-state index >= 15 is 0 Å². The van der Waals surface area contributed by atoms with E-state index < -0.39 is 0 Å². The number of hydrogen-bond acceptors (Lipinski definition) is 3. The highest BCUT2D eigenvalue weighted by Gasteiger charge is 2.21. The molecule has 0 radical (unpaired) electrons. The van der Waals surface area contributed by atoms with Gasteiger partial charge in [0.25, 0.3) is 0 Å². The molecule has 4 rings (SSSR count). The second-order valence-electron chi connectivity index (χ2n) is 5.96. The van der Waals surface area contributed by atoms with E-state index in [-0.39, 0.29) is 5.91 Å². The molecule has 0 bridgehead atoms. The maximum absolute atomic E-state index is 11.6. The number of anilines is 2. The second kappa shape index (κ2) is 5.16. The van der Waals surface area contributed by atoms with Crippen LogP contribution in [-0.4, -0.2) is 26.6 Å². The van der Waals surface area contributed by atoms with E-state index in [0.29, 0.717) is 6.42 Å². The summed E-state index contributed by atoms with van der Waals surface area (Å²) in [5.41, 5.74) is 6.54. The number of ether oxygens (including phenoxy) is 1. The third-order valence-corrected chi connectivity index (χ3v) is 4.49. The van der Waals surface area contributed by atoms with Crippen LogP contribution in [0.5, 0.6) is 5.75 Å². The van der Waals surface area contributed by atoms with E-state index in [1.165, 1.54) is 0 Å². The lowest BCUT2D eigenvalue weighted by molar-refractivity contribution is -0.115. The van der Waals surface area contributed by atoms with Gasteiger partial charge in [0.1, 0.15) is 5.75 Å². The number of nitrogens with one attached hydrogen (secondary N) is 1. The summed E-state index contributed by atoms with van der Waals surface area (Å²) in [7, 11) is 3.77. The number of methoxy groups -OCH3 is 1. The van der Waals surface area contributed by atoms with E-state index in [9.17, 15) is 4.79 Å². The monoisotopic (exact) mass is 306 g/mol. The van der Waals surface area contributed by atoms with Gasteiger partial charge in [-0.15, -0.1) is 0 Å². The van der Waals surface area contributed by atoms with Gasteiger partial charge in [-0.05, 0) is 41.0 Å². The first-order chi connectivity index (χ1) is 11.2. The van der Waals surface area contributed by atoms with Gasteiger partial charge in [-0.25, -0.2) is 0 Å². The predicted molar refractivity (Wildman–Crippen MR) is 93.1 cm³/mol. The lowest BCUT2D eigenvalue weighted by atomic mass is 9.93. The first kappa shape index (κ1) is 13.9. The van der Waals surface area contributed by atoms with Gasteiger partial charge < -0.3 is 15.0 Å². The molecule has 0 saturated heterocycles. The smallest absolute Gasteiger partial charge is 0.228 e. The lowest BCUT2D eigenvalue weighted by Gasteiger charge is -2.27. The molecular weight excluding hydrogens is 288 g/mol. The van der Waals surface area contributed by atoms with Crippen molar-refractivity contribution in [1.82, 2.24) is 0 Å². The van der Waals surface area contributed by atoms with Crippen LogP contribution in [0.25, 0.3) is 17.2 Å². The van der Waals surface area contributed by atoms with Crippen LogP contribution in [0.4, 0.5) is 11.4 Å². The molecule has 0 fully saturated rings. The zero-order valence-electron chi connectivity index (χ0n) is 13.2. The molecule has 1 N–H and O–H groups in total. The Morgan fingerprint density at radius 2 is 2.09 bits per heavy atom. The zero-order valence-corrected chi connectivity index (χ0v) is 13.2. The van der Waals surface area contributed by atoms with Crippen molar-refractivity contribution in [2.75, 3.05) is 30.9 Å². The van der Waals surface area contributed by atoms with E-state index in [2.05, 4.69) is 47.6 Å². The first-order valence-corrected chi connectivity index (χ1v) is 7.69. The van der Waals surface area contributed by atoms with Gasteiger partial charge in [-0.3, -0.25) is 4.79 Å².